The summed E-state index contributed by atoms with van der Waals surface area (Å²) in [5.41, 5.74) is 1.56. The van der Waals surface area contributed by atoms with Crippen molar-refractivity contribution in [1.29, 1.82) is 0 Å². The van der Waals surface area contributed by atoms with Crippen molar-refractivity contribution in [3.8, 4) is 0 Å². The molecule has 0 saturated heterocycles. The zero-order valence-electron chi connectivity index (χ0n) is 16.2. The highest BCUT2D eigenvalue weighted by molar-refractivity contribution is 5.76. The van der Waals surface area contributed by atoms with Gasteiger partial charge in [0.25, 0.3) is 0 Å². The van der Waals surface area contributed by atoms with E-state index in [0.29, 0.717) is 0 Å². The van der Waals surface area contributed by atoms with Crippen LogP contribution in [0.25, 0.3) is 0 Å². The molecular weight excluding hydrogens is 326 g/mol. The van der Waals surface area contributed by atoms with Gasteiger partial charge in [-0.1, -0.05) is 60.7 Å². The first-order valence-corrected chi connectivity index (χ1v) is 8.93. The molecule has 0 bridgehead atoms. The Balaban J connectivity index is 2.29. The molecule has 2 aromatic rings. The minimum Gasteiger partial charge on any atom is -0.458 e. The Morgan fingerprint density at radius 3 is 1.88 bits per heavy atom. The van der Waals surface area contributed by atoms with Gasteiger partial charge < -0.3 is 14.8 Å². The molecule has 0 aliphatic rings. The van der Waals surface area contributed by atoms with Crippen molar-refractivity contribution in [2.24, 2.45) is 0 Å². The van der Waals surface area contributed by atoms with Crippen LogP contribution in [0.5, 0.6) is 0 Å². The number of esters is 1. The molecule has 0 fully saturated rings. The summed E-state index contributed by atoms with van der Waals surface area (Å²) in [4.78, 5) is 12.7. The third kappa shape index (κ3) is 5.68. The number of hydrogen-bond acceptors (Lipinski definition) is 4. The fourth-order valence-electron chi connectivity index (χ4n) is 2.85. The van der Waals surface area contributed by atoms with Gasteiger partial charge >= 0.3 is 5.97 Å². The van der Waals surface area contributed by atoms with Crippen LogP contribution in [0.2, 0.25) is 0 Å². The predicted octanol–water partition coefficient (Wildman–Crippen LogP) is 4.44. The van der Waals surface area contributed by atoms with E-state index < -0.39 is 11.7 Å². The molecule has 0 aliphatic heterocycles. The number of carbonyl (C=O) groups is 1. The first-order chi connectivity index (χ1) is 12.3. The summed E-state index contributed by atoms with van der Waals surface area (Å²) >= 11 is 0. The molecule has 0 spiro atoms. The largest absolute Gasteiger partial charge is 0.458 e. The van der Waals surface area contributed by atoms with Gasteiger partial charge in [0.05, 0.1) is 6.04 Å². The third-order valence-corrected chi connectivity index (χ3v) is 4.08. The van der Waals surface area contributed by atoms with Gasteiger partial charge in [0.15, 0.2) is 6.10 Å². The minimum atomic E-state index is -0.747. The zero-order valence-corrected chi connectivity index (χ0v) is 16.2. The van der Waals surface area contributed by atoms with Crippen molar-refractivity contribution >= 4 is 5.97 Å². The molecule has 0 heterocycles. The lowest BCUT2D eigenvalue weighted by molar-refractivity contribution is -0.169. The van der Waals surface area contributed by atoms with Gasteiger partial charge in [-0.15, -0.1) is 0 Å². The Morgan fingerprint density at radius 1 is 0.923 bits per heavy atom. The Labute approximate surface area is 156 Å². The van der Waals surface area contributed by atoms with Crippen LogP contribution >= 0.6 is 0 Å². The van der Waals surface area contributed by atoms with Gasteiger partial charge in [-0.05, 0) is 38.8 Å². The van der Waals surface area contributed by atoms with Crippen LogP contribution in [0.1, 0.15) is 50.9 Å². The molecule has 0 radical (unpaired) electrons. The number of nitrogens with one attached hydrogen (secondary N) is 1. The van der Waals surface area contributed by atoms with Crippen LogP contribution in [0.15, 0.2) is 60.7 Å². The normalized spacial score (nSPS) is 15.1. The first-order valence-electron chi connectivity index (χ1n) is 8.93. The molecule has 1 N–H and O–H groups in total. The van der Waals surface area contributed by atoms with Crippen molar-refractivity contribution in [3.05, 3.63) is 71.8 Å². The summed E-state index contributed by atoms with van der Waals surface area (Å²) in [7, 11) is 1.54. The van der Waals surface area contributed by atoms with Gasteiger partial charge in [0.2, 0.25) is 0 Å². The number of hydrogen-bond donors (Lipinski definition) is 1. The monoisotopic (exact) mass is 355 g/mol. The number of rotatable bonds is 7. The average molecular weight is 355 g/mol. The van der Waals surface area contributed by atoms with Crippen LogP contribution in [-0.4, -0.2) is 24.8 Å². The van der Waals surface area contributed by atoms with Gasteiger partial charge in [-0.2, -0.15) is 0 Å². The smallest absolute Gasteiger partial charge is 0.337 e. The van der Waals surface area contributed by atoms with E-state index in [0.717, 1.165) is 11.1 Å². The minimum absolute atomic E-state index is 0.0430. The van der Waals surface area contributed by atoms with E-state index in [9.17, 15) is 4.79 Å². The van der Waals surface area contributed by atoms with E-state index in [1.54, 1.807) is 7.11 Å². The Kier molecular flexibility index (Phi) is 6.95. The van der Waals surface area contributed by atoms with Crippen LogP contribution < -0.4 is 5.32 Å². The quantitative estimate of drug-likeness (QED) is 0.746. The van der Waals surface area contributed by atoms with E-state index in [2.05, 4.69) is 24.4 Å². The SMILES string of the molecule is COC(C(=O)OC(C)(C)C)C(NC(C)c1ccccc1)c1ccccc1. The van der Waals surface area contributed by atoms with E-state index in [4.69, 9.17) is 9.47 Å². The van der Waals surface area contributed by atoms with Crippen molar-refractivity contribution in [2.75, 3.05) is 7.11 Å². The average Bonchev–Trinajstić information content (AvgIpc) is 2.61. The maximum absolute atomic E-state index is 12.7. The molecular formula is C22H29NO3. The highest BCUT2D eigenvalue weighted by atomic mass is 16.6. The van der Waals surface area contributed by atoms with Gasteiger partial charge in [0.1, 0.15) is 5.60 Å². The lowest BCUT2D eigenvalue weighted by Gasteiger charge is -2.31. The van der Waals surface area contributed by atoms with Crippen molar-refractivity contribution in [2.45, 2.75) is 51.5 Å². The second kappa shape index (κ2) is 8.97. The predicted molar refractivity (Wildman–Crippen MR) is 104 cm³/mol. The van der Waals surface area contributed by atoms with Crippen LogP contribution in [0, 0.1) is 0 Å². The van der Waals surface area contributed by atoms with Crippen molar-refractivity contribution < 1.29 is 14.3 Å². The van der Waals surface area contributed by atoms with E-state index in [1.165, 1.54) is 0 Å². The lowest BCUT2D eigenvalue weighted by atomic mass is 9.98. The number of carbonyl (C=O) groups excluding carboxylic acids is 1. The highest BCUT2D eigenvalue weighted by Gasteiger charge is 2.34. The van der Waals surface area contributed by atoms with Crippen molar-refractivity contribution in [3.63, 3.8) is 0 Å². The number of methoxy groups -OCH3 is 1. The Hall–Kier alpha value is -2.17. The van der Waals surface area contributed by atoms with Crippen LogP contribution in [0.4, 0.5) is 0 Å². The molecule has 4 nitrogen and oxygen atoms in total. The summed E-state index contributed by atoms with van der Waals surface area (Å²) in [5, 5.41) is 3.54. The topological polar surface area (TPSA) is 47.6 Å². The summed E-state index contributed by atoms with van der Waals surface area (Å²) in [6, 6.07) is 19.7. The second-order valence-corrected chi connectivity index (χ2v) is 7.38. The summed E-state index contributed by atoms with van der Waals surface area (Å²) < 4.78 is 11.2. The molecule has 26 heavy (non-hydrogen) atoms. The molecule has 0 aromatic heterocycles. The molecule has 2 aromatic carbocycles. The molecule has 4 heteroatoms. The summed E-state index contributed by atoms with van der Waals surface area (Å²) in [5.74, 6) is -0.374. The van der Waals surface area contributed by atoms with Gasteiger partial charge in [0, 0.05) is 13.2 Å². The van der Waals surface area contributed by atoms with E-state index >= 15 is 0 Å². The first kappa shape index (κ1) is 20.1. The second-order valence-electron chi connectivity index (χ2n) is 7.38. The maximum atomic E-state index is 12.7. The van der Waals surface area contributed by atoms with E-state index in [-0.39, 0.29) is 18.1 Å². The summed E-state index contributed by atoms with van der Waals surface area (Å²) in [6.45, 7) is 7.65. The fraction of sp³-hybridized carbons (Fsp3) is 0.409. The van der Waals surface area contributed by atoms with Crippen LogP contribution in [-0.2, 0) is 14.3 Å². The summed E-state index contributed by atoms with van der Waals surface area (Å²) in [6.07, 6.45) is -0.747. The highest BCUT2D eigenvalue weighted by Crippen LogP contribution is 2.26. The molecule has 0 amide bonds. The van der Waals surface area contributed by atoms with Gasteiger partial charge in [-0.3, -0.25) is 0 Å². The van der Waals surface area contributed by atoms with E-state index in [1.807, 2.05) is 69.3 Å². The third-order valence-electron chi connectivity index (χ3n) is 4.08. The molecule has 0 aliphatic carbocycles. The standard InChI is InChI=1S/C22H29NO3/c1-16(17-12-8-6-9-13-17)23-19(18-14-10-7-11-15-18)20(25-5)21(24)26-22(2,3)4/h6-16,19-20,23H,1-5H3. The molecule has 2 rings (SSSR count). The zero-order chi connectivity index (χ0) is 19.2. The number of ether oxygens (including phenoxy) is 2. The molecule has 3 unspecified atom stereocenters. The Morgan fingerprint density at radius 2 is 1.42 bits per heavy atom. The molecule has 0 saturated carbocycles. The molecule has 140 valence electrons. The maximum Gasteiger partial charge on any atom is 0.337 e. The lowest BCUT2D eigenvalue weighted by Crippen LogP contribution is -2.43. The number of benzene rings is 2. The van der Waals surface area contributed by atoms with Crippen molar-refractivity contribution in [1.82, 2.24) is 5.32 Å². The molecule has 3 atom stereocenters. The fourth-order valence-corrected chi connectivity index (χ4v) is 2.85. The van der Waals surface area contributed by atoms with Crippen LogP contribution in [0.3, 0.4) is 0 Å². The van der Waals surface area contributed by atoms with Gasteiger partial charge in [-0.25, -0.2) is 4.79 Å². The Bertz CT molecular complexity index is 680.